The first-order chi connectivity index (χ1) is 12.8. The van der Waals surface area contributed by atoms with Crippen LogP contribution in [0.2, 0.25) is 5.02 Å². The number of morpholine rings is 1. The lowest BCUT2D eigenvalue weighted by Gasteiger charge is -2.26. The average Bonchev–Trinajstić information content (AvgIpc) is 2.66. The van der Waals surface area contributed by atoms with Crippen molar-refractivity contribution in [1.82, 2.24) is 14.5 Å². The first kappa shape index (κ1) is 21.6. The van der Waals surface area contributed by atoms with E-state index in [4.69, 9.17) is 16.3 Å². The van der Waals surface area contributed by atoms with Crippen LogP contribution in [-0.4, -0.2) is 75.9 Å². The maximum atomic E-state index is 12.8. The molecular weight excluding hydrogens is 394 g/mol. The zero-order valence-electron chi connectivity index (χ0n) is 15.4. The van der Waals surface area contributed by atoms with E-state index in [1.807, 2.05) is 6.92 Å². The number of halogens is 1. The largest absolute Gasteiger partial charge is 0.379 e. The molecular formula is C17H24ClN3O5S. The molecule has 1 heterocycles. The van der Waals surface area contributed by atoms with E-state index < -0.39 is 15.9 Å². The van der Waals surface area contributed by atoms with Gasteiger partial charge in [0, 0.05) is 32.2 Å². The van der Waals surface area contributed by atoms with Crippen molar-refractivity contribution in [3.63, 3.8) is 0 Å². The molecule has 0 saturated carbocycles. The van der Waals surface area contributed by atoms with Crippen molar-refractivity contribution in [2.75, 3.05) is 46.4 Å². The van der Waals surface area contributed by atoms with Crippen molar-refractivity contribution >= 4 is 33.4 Å². The molecule has 0 spiro atoms. The van der Waals surface area contributed by atoms with Crippen LogP contribution < -0.4 is 5.32 Å². The van der Waals surface area contributed by atoms with Gasteiger partial charge < -0.3 is 15.0 Å². The molecule has 1 aliphatic heterocycles. The Hall–Kier alpha value is -1.68. The average molecular weight is 418 g/mol. The highest BCUT2D eigenvalue weighted by Crippen LogP contribution is 2.27. The number of carbonyl (C=O) groups is 2. The van der Waals surface area contributed by atoms with Crippen LogP contribution in [0, 0.1) is 0 Å². The number of amides is 2. The second-order valence-electron chi connectivity index (χ2n) is 6.17. The summed E-state index contributed by atoms with van der Waals surface area (Å²) < 4.78 is 32.2. The molecule has 27 heavy (non-hydrogen) atoms. The number of hydrogen-bond donors (Lipinski definition) is 1. The van der Waals surface area contributed by atoms with Crippen molar-refractivity contribution in [2.45, 2.75) is 18.2 Å². The summed E-state index contributed by atoms with van der Waals surface area (Å²) in [6, 6.07) is 4.09. The number of nitrogens with zero attached hydrogens (tertiary/aromatic N) is 2. The number of rotatable bonds is 7. The lowest BCUT2D eigenvalue weighted by molar-refractivity contribution is -0.121. The summed E-state index contributed by atoms with van der Waals surface area (Å²) in [4.78, 5) is 25.5. The quantitative estimate of drug-likeness (QED) is 0.712. The summed E-state index contributed by atoms with van der Waals surface area (Å²) in [5.74, 6) is -0.737. The molecule has 1 aliphatic rings. The Labute approximate surface area is 164 Å². The standard InChI is InChI=1S/C17H24ClN3O5S/c1-3-6-19-16(22)12-20(2)17(23)13-4-5-14(18)15(11-13)27(24,25)21-7-9-26-10-8-21/h4-5,11H,3,6-10,12H2,1-2H3,(H,19,22). The van der Waals surface area contributed by atoms with Crippen LogP contribution in [0.5, 0.6) is 0 Å². The van der Waals surface area contributed by atoms with Gasteiger partial charge in [-0.1, -0.05) is 18.5 Å². The fraction of sp³-hybridized carbons (Fsp3) is 0.529. The SMILES string of the molecule is CCCNC(=O)CN(C)C(=O)c1ccc(Cl)c(S(=O)(=O)N2CCOCC2)c1. The van der Waals surface area contributed by atoms with Gasteiger partial charge in [0.1, 0.15) is 4.90 Å². The van der Waals surface area contributed by atoms with Gasteiger partial charge >= 0.3 is 0 Å². The summed E-state index contributed by atoms with van der Waals surface area (Å²) in [6.07, 6.45) is 0.795. The Morgan fingerprint density at radius 2 is 1.96 bits per heavy atom. The number of benzene rings is 1. The number of ether oxygens (including phenoxy) is 1. The monoisotopic (exact) mass is 417 g/mol. The minimum atomic E-state index is -3.84. The molecule has 8 nitrogen and oxygen atoms in total. The van der Waals surface area contributed by atoms with Crippen LogP contribution in [0.1, 0.15) is 23.7 Å². The highest BCUT2D eigenvalue weighted by molar-refractivity contribution is 7.89. The van der Waals surface area contributed by atoms with Crippen LogP contribution in [0.3, 0.4) is 0 Å². The van der Waals surface area contributed by atoms with Gasteiger partial charge in [-0.05, 0) is 24.6 Å². The fourth-order valence-electron chi connectivity index (χ4n) is 2.59. The van der Waals surface area contributed by atoms with E-state index in [0.717, 1.165) is 6.42 Å². The fourth-order valence-corrected chi connectivity index (χ4v) is 4.50. The molecule has 0 aliphatic carbocycles. The van der Waals surface area contributed by atoms with Crippen LogP contribution in [0.25, 0.3) is 0 Å². The van der Waals surface area contributed by atoms with Gasteiger partial charge in [0.15, 0.2) is 0 Å². The Morgan fingerprint density at radius 1 is 1.30 bits per heavy atom. The summed E-state index contributed by atoms with van der Waals surface area (Å²) in [5, 5.41) is 2.73. The van der Waals surface area contributed by atoms with E-state index in [1.165, 1.54) is 34.5 Å². The molecule has 0 atom stereocenters. The molecule has 0 bridgehead atoms. The summed E-state index contributed by atoms with van der Waals surface area (Å²) >= 11 is 6.10. The Morgan fingerprint density at radius 3 is 2.59 bits per heavy atom. The van der Waals surface area contributed by atoms with E-state index in [1.54, 1.807) is 0 Å². The molecule has 150 valence electrons. The van der Waals surface area contributed by atoms with Crippen molar-refractivity contribution in [2.24, 2.45) is 0 Å². The molecule has 10 heteroatoms. The Bertz CT molecular complexity index is 794. The normalized spacial score (nSPS) is 15.4. The molecule has 1 N–H and O–H groups in total. The topological polar surface area (TPSA) is 96.0 Å². The van der Waals surface area contributed by atoms with Gasteiger partial charge in [-0.15, -0.1) is 0 Å². The van der Waals surface area contributed by atoms with Crippen LogP contribution in [0.4, 0.5) is 0 Å². The Kier molecular flexibility index (Phi) is 7.60. The molecule has 2 amide bonds. The van der Waals surface area contributed by atoms with Crippen molar-refractivity contribution in [1.29, 1.82) is 0 Å². The molecule has 0 unspecified atom stereocenters. The van der Waals surface area contributed by atoms with Crippen molar-refractivity contribution < 1.29 is 22.7 Å². The van der Waals surface area contributed by atoms with Crippen LogP contribution in [-0.2, 0) is 19.6 Å². The molecule has 1 aromatic carbocycles. The molecule has 1 aromatic rings. The third kappa shape index (κ3) is 5.41. The highest BCUT2D eigenvalue weighted by atomic mass is 35.5. The highest BCUT2D eigenvalue weighted by Gasteiger charge is 2.29. The van der Waals surface area contributed by atoms with Gasteiger partial charge in [0.2, 0.25) is 15.9 Å². The third-order valence-electron chi connectivity index (χ3n) is 4.07. The maximum absolute atomic E-state index is 12.8. The van der Waals surface area contributed by atoms with Crippen LogP contribution in [0.15, 0.2) is 23.1 Å². The van der Waals surface area contributed by atoms with E-state index in [0.29, 0.717) is 19.8 Å². The zero-order valence-corrected chi connectivity index (χ0v) is 17.0. The second kappa shape index (κ2) is 9.50. The summed E-state index contributed by atoms with van der Waals surface area (Å²) in [5.41, 5.74) is 0.150. The molecule has 0 aromatic heterocycles. The number of likely N-dealkylation sites (N-methyl/N-ethyl adjacent to an activating group) is 1. The molecule has 0 radical (unpaired) electrons. The minimum Gasteiger partial charge on any atom is -0.379 e. The van der Waals surface area contributed by atoms with E-state index in [2.05, 4.69) is 5.32 Å². The second-order valence-corrected chi connectivity index (χ2v) is 8.49. The summed E-state index contributed by atoms with van der Waals surface area (Å²) in [6.45, 7) is 3.43. The number of carbonyl (C=O) groups excluding carboxylic acids is 2. The van der Waals surface area contributed by atoms with E-state index >= 15 is 0 Å². The summed E-state index contributed by atoms with van der Waals surface area (Å²) in [7, 11) is -2.35. The number of sulfonamides is 1. The van der Waals surface area contributed by atoms with Crippen molar-refractivity contribution in [3.05, 3.63) is 28.8 Å². The molecule has 1 saturated heterocycles. The maximum Gasteiger partial charge on any atom is 0.254 e. The minimum absolute atomic E-state index is 0.0429. The first-order valence-electron chi connectivity index (χ1n) is 8.67. The predicted octanol–water partition coefficient (Wildman–Crippen LogP) is 0.959. The van der Waals surface area contributed by atoms with Crippen LogP contribution >= 0.6 is 11.6 Å². The van der Waals surface area contributed by atoms with Gasteiger partial charge in [-0.3, -0.25) is 9.59 Å². The van der Waals surface area contributed by atoms with E-state index in [9.17, 15) is 18.0 Å². The Balaban J connectivity index is 2.20. The molecule has 2 rings (SSSR count). The third-order valence-corrected chi connectivity index (χ3v) is 6.45. The first-order valence-corrected chi connectivity index (χ1v) is 10.5. The van der Waals surface area contributed by atoms with E-state index in [-0.39, 0.29) is 41.0 Å². The molecule has 1 fully saturated rings. The lowest BCUT2D eigenvalue weighted by Crippen LogP contribution is -2.41. The van der Waals surface area contributed by atoms with Gasteiger partial charge in [-0.25, -0.2) is 8.42 Å². The predicted molar refractivity (Wildman–Crippen MR) is 101 cm³/mol. The number of hydrogen-bond acceptors (Lipinski definition) is 5. The van der Waals surface area contributed by atoms with Gasteiger partial charge in [0.05, 0.1) is 24.8 Å². The van der Waals surface area contributed by atoms with Gasteiger partial charge in [-0.2, -0.15) is 4.31 Å². The van der Waals surface area contributed by atoms with Gasteiger partial charge in [0.25, 0.3) is 5.91 Å². The zero-order chi connectivity index (χ0) is 20.0. The number of nitrogens with one attached hydrogen (secondary N) is 1. The smallest absolute Gasteiger partial charge is 0.254 e. The lowest BCUT2D eigenvalue weighted by atomic mass is 10.2. The van der Waals surface area contributed by atoms with Crippen molar-refractivity contribution in [3.8, 4) is 0 Å².